The van der Waals surface area contributed by atoms with Gasteiger partial charge < -0.3 is 24.8 Å². The van der Waals surface area contributed by atoms with Crippen LogP contribution in [-0.2, 0) is 22.1 Å². The molecular weight excluding hydrogens is 421 g/mol. The molecule has 0 aromatic carbocycles. The number of nitrogens with two attached hydrogens (primary N) is 1. The highest BCUT2D eigenvalue weighted by Crippen LogP contribution is 2.43. The Morgan fingerprint density at radius 1 is 1.23 bits per heavy atom. The number of methoxy groups -OCH3 is 1. The van der Waals surface area contributed by atoms with Gasteiger partial charge in [-0.05, 0) is 40.2 Å². The number of aromatic nitrogens is 4. The van der Waals surface area contributed by atoms with E-state index in [9.17, 15) is 14.4 Å². The van der Waals surface area contributed by atoms with Gasteiger partial charge in [0.15, 0.2) is 0 Å². The van der Waals surface area contributed by atoms with E-state index in [4.69, 9.17) is 15.0 Å². The lowest BCUT2D eigenvalue weighted by molar-refractivity contribution is 0.0658. The lowest BCUT2D eigenvalue weighted by Gasteiger charge is -2.25. The molecule has 3 aromatic rings. The number of hydrogen-bond donors (Lipinski definition) is 3. The molecule has 0 aliphatic heterocycles. The van der Waals surface area contributed by atoms with Gasteiger partial charge in [-0.1, -0.05) is 0 Å². The van der Waals surface area contributed by atoms with Gasteiger partial charge in [-0.25, -0.2) is 9.55 Å². The summed E-state index contributed by atoms with van der Waals surface area (Å²) in [5.41, 5.74) is 9.56. The lowest BCUT2D eigenvalue weighted by Crippen LogP contribution is -2.26. The van der Waals surface area contributed by atoms with Crippen LogP contribution in [0.2, 0.25) is 0 Å². The van der Waals surface area contributed by atoms with Gasteiger partial charge in [0.1, 0.15) is 11.4 Å². The van der Waals surface area contributed by atoms with Crippen LogP contribution in [0.4, 0.5) is 5.95 Å². The number of aryl methyl sites for hydroxylation is 2. The van der Waals surface area contributed by atoms with Crippen LogP contribution < -0.4 is 10.5 Å². The highest BCUT2D eigenvalue weighted by atomic mass is 31.2. The van der Waals surface area contributed by atoms with E-state index in [0.29, 0.717) is 17.9 Å². The van der Waals surface area contributed by atoms with Crippen molar-refractivity contribution < 1.29 is 23.6 Å². The van der Waals surface area contributed by atoms with E-state index in [1.165, 1.54) is 0 Å². The van der Waals surface area contributed by atoms with Crippen molar-refractivity contribution in [2.45, 2.75) is 53.2 Å². The predicted octanol–water partition coefficient (Wildman–Crippen LogP) is 2.82. The summed E-state index contributed by atoms with van der Waals surface area (Å²) in [6.45, 7) is 9.37. The molecule has 3 heterocycles. The molecule has 0 saturated carbocycles. The van der Waals surface area contributed by atoms with E-state index in [2.05, 4.69) is 15.0 Å². The molecule has 31 heavy (non-hydrogen) atoms. The number of fused-ring (bicyclic) bond motifs is 1. The number of rotatable bonds is 7. The van der Waals surface area contributed by atoms with Crippen molar-refractivity contribution in [2.75, 3.05) is 12.8 Å². The van der Waals surface area contributed by atoms with Crippen LogP contribution in [0.5, 0.6) is 5.75 Å². The molecule has 0 radical (unpaired) electrons. The normalized spacial score (nSPS) is 12.5. The van der Waals surface area contributed by atoms with Gasteiger partial charge in [-0.15, -0.1) is 0 Å². The summed E-state index contributed by atoms with van der Waals surface area (Å²) in [5, 5.41) is 0.772. The molecule has 0 spiro atoms. The molecule has 0 aliphatic rings. The second-order valence-corrected chi connectivity index (χ2v) is 9.38. The fraction of sp³-hybridized carbons (Fsp3) is 0.450. The molecular formula is C20H28N5O5P. The molecule has 3 aromatic heterocycles. The van der Waals surface area contributed by atoms with Gasteiger partial charge in [-0.3, -0.25) is 9.51 Å². The smallest absolute Gasteiger partial charge is 0.470 e. The Kier molecular flexibility index (Phi) is 6.12. The summed E-state index contributed by atoms with van der Waals surface area (Å²) in [5.74, 6) is 0.927. The van der Waals surface area contributed by atoms with Crippen LogP contribution in [0.15, 0.2) is 12.4 Å². The first-order valence-corrected chi connectivity index (χ1v) is 11.2. The monoisotopic (exact) mass is 449 g/mol. The zero-order valence-electron chi connectivity index (χ0n) is 18.5. The van der Waals surface area contributed by atoms with E-state index < -0.39 is 13.4 Å². The zero-order chi connectivity index (χ0) is 23.1. The summed E-state index contributed by atoms with van der Waals surface area (Å²) in [4.78, 5) is 31.8. The summed E-state index contributed by atoms with van der Waals surface area (Å²) in [6.07, 6.45) is 3.88. The highest BCUT2D eigenvalue weighted by molar-refractivity contribution is 7.46. The molecule has 0 aliphatic carbocycles. The molecule has 0 atom stereocenters. The third kappa shape index (κ3) is 5.04. The Balaban J connectivity index is 2.11. The van der Waals surface area contributed by atoms with Crippen LogP contribution in [0.3, 0.4) is 0 Å². The second-order valence-electron chi connectivity index (χ2n) is 8.21. The minimum atomic E-state index is -4.65. The molecule has 3 rings (SSSR count). The Morgan fingerprint density at radius 3 is 2.52 bits per heavy atom. The average molecular weight is 449 g/mol. The first-order valence-electron chi connectivity index (χ1n) is 9.68. The molecule has 0 saturated heterocycles. The van der Waals surface area contributed by atoms with Gasteiger partial charge in [0.05, 0.1) is 30.6 Å². The SMILES string of the molecule is COc1c(C)cnc(Cn2cc(CC(C)(C)OP(=O)(O)O)c3c(C)nc(N)nc32)c1C. The number of hydrogen-bond acceptors (Lipinski definition) is 7. The minimum Gasteiger partial charge on any atom is -0.496 e. The molecule has 0 unspecified atom stereocenters. The zero-order valence-corrected chi connectivity index (χ0v) is 19.4. The third-order valence-corrected chi connectivity index (χ3v) is 5.78. The van der Waals surface area contributed by atoms with Gasteiger partial charge in [0.2, 0.25) is 5.95 Å². The Hall–Kier alpha value is -2.52. The number of anilines is 1. The van der Waals surface area contributed by atoms with Crippen molar-refractivity contribution in [2.24, 2.45) is 0 Å². The Labute approximate surface area is 180 Å². The highest BCUT2D eigenvalue weighted by Gasteiger charge is 2.31. The van der Waals surface area contributed by atoms with Gasteiger partial charge in [-0.2, -0.15) is 4.98 Å². The molecule has 11 heteroatoms. The Morgan fingerprint density at radius 2 is 1.90 bits per heavy atom. The number of nitrogens with zero attached hydrogens (tertiary/aromatic N) is 4. The van der Waals surface area contributed by atoms with Crippen LogP contribution in [-0.4, -0.2) is 42.0 Å². The van der Waals surface area contributed by atoms with E-state index in [0.717, 1.165) is 33.5 Å². The van der Waals surface area contributed by atoms with Crippen LogP contribution in [0.25, 0.3) is 11.0 Å². The topological polar surface area (TPSA) is 146 Å². The molecule has 4 N–H and O–H groups in total. The van der Waals surface area contributed by atoms with Gasteiger partial charge >= 0.3 is 7.82 Å². The lowest BCUT2D eigenvalue weighted by atomic mass is 9.98. The Bertz CT molecular complexity index is 1180. The maximum atomic E-state index is 11.4. The average Bonchev–Trinajstić information content (AvgIpc) is 2.92. The predicted molar refractivity (Wildman–Crippen MR) is 117 cm³/mol. The quantitative estimate of drug-likeness (QED) is 0.463. The van der Waals surface area contributed by atoms with Crippen molar-refractivity contribution in [1.82, 2.24) is 19.5 Å². The molecule has 10 nitrogen and oxygen atoms in total. The molecule has 168 valence electrons. The van der Waals surface area contributed by atoms with Crippen LogP contribution >= 0.6 is 7.82 Å². The number of pyridine rings is 1. The molecule has 0 amide bonds. The standard InChI is InChI=1S/C20H28N5O5P/c1-11-8-22-15(12(2)17(11)29-6)10-25-9-14(7-20(4,5)30-31(26,27)28)16-13(3)23-19(21)24-18(16)25/h8-9H,7,10H2,1-6H3,(H2,21,23,24)(H2,26,27,28). The molecule has 0 bridgehead atoms. The number of ether oxygens (including phenoxy) is 1. The van der Waals surface area contributed by atoms with E-state index in [1.807, 2.05) is 31.5 Å². The number of phosphoric acid groups is 1. The second kappa shape index (κ2) is 8.20. The number of phosphoric ester groups is 1. The summed E-state index contributed by atoms with van der Waals surface area (Å²) < 4.78 is 23.8. The van der Waals surface area contributed by atoms with Crippen molar-refractivity contribution in [3.8, 4) is 5.75 Å². The van der Waals surface area contributed by atoms with Crippen molar-refractivity contribution in [3.63, 3.8) is 0 Å². The summed E-state index contributed by atoms with van der Waals surface area (Å²) in [6, 6.07) is 0. The third-order valence-electron chi connectivity index (χ3n) is 5.05. The van der Waals surface area contributed by atoms with Crippen molar-refractivity contribution in [1.29, 1.82) is 0 Å². The first kappa shape index (κ1) is 23.1. The largest absolute Gasteiger partial charge is 0.496 e. The van der Waals surface area contributed by atoms with E-state index in [-0.39, 0.29) is 12.4 Å². The van der Waals surface area contributed by atoms with Crippen LogP contribution in [0.1, 0.15) is 41.9 Å². The number of nitrogen functional groups attached to an aromatic ring is 1. The van der Waals surface area contributed by atoms with Gasteiger partial charge in [0, 0.05) is 35.3 Å². The minimum absolute atomic E-state index is 0.146. The van der Waals surface area contributed by atoms with E-state index >= 15 is 0 Å². The van der Waals surface area contributed by atoms with Crippen molar-refractivity contribution in [3.05, 3.63) is 40.5 Å². The fourth-order valence-corrected chi connectivity index (χ4v) is 4.64. The first-order chi connectivity index (χ1) is 14.3. The summed E-state index contributed by atoms with van der Waals surface area (Å²) in [7, 11) is -3.03. The van der Waals surface area contributed by atoms with Gasteiger partial charge in [0.25, 0.3) is 0 Å². The van der Waals surface area contributed by atoms with Crippen LogP contribution in [0, 0.1) is 20.8 Å². The maximum absolute atomic E-state index is 11.4. The maximum Gasteiger partial charge on any atom is 0.470 e. The van der Waals surface area contributed by atoms with Crippen molar-refractivity contribution >= 4 is 24.8 Å². The van der Waals surface area contributed by atoms with E-state index in [1.54, 1.807) is 27.2 Å². The molecule has 0 fully saturated rings. The summed E-state index contributed by atoms with van der Waals surface area (Å²) >= 11 is 0. The fourth-order valence-electron chi connectivity index (χ4n) is 3.94.